The SMILES string of the molecule is O=C(O)CCCn1c(O)c2n(c1=S)C1=CC(c3ccc(Cl)cc3)=CC1O2. The summed E-state index contributed by atoms with van der Waals surface area (Å²) in [5.74, 6) is -0.653. The molecule has 134 valence electrons. The molecule has 0 saturated carbocycles. The summed E-state index contributed by atoms with van der Waals surface area (Å²) >= 11 is 11.4. The van der Waals surface area contributed by atoms with Gasteiger partial charge >= 0.3 is 5.97 Å². The predicted molar refractivity (Wildman–Crippen MR) is 99.9 cm³/mol. The van der Waals surface area contributed by atoms with E-state index >= 15 is 0 Å². The van der Waals surface area contributed by atoms with Crippen molar-refractivity contribution in [3.63, 3.8) is 0 Å². The molecule has 1 aromatic heterocycles. The lowest BCUT2D eigenvalue weighted by molar-refractivity contribution is -0.137. The van der Waals surface area contributed by atoms with Crippen molar-refractivity contribution in [2.24, 2.45) is 0 Å². The van der Waals surface area contributed by atoms with E-state index in [1.165, 1.54) is 4.57 Å². The van der Waals surface area contributed by atoms with E-state index in [0.29, 0.717) is 28.6 Å². The molecule has 1 aliphatic carbocycles. The van der Waals surface area contributed by atoms with Gasteiger partial charge in [-0.2, -0.15) is 0 Å². The van der Waals surface area contributed by atoms with Crippen LogP contribution in [-0.4, -0.2) is 31.4 Å². The van der Waals surface area contributed by atoms with E-state index in [2.05, 4.69) is 0 Å². The zero-order valence-corrected chi connectivity index (χ0v) is 15.1. The van der Waals surface area contributed by atoms with E-state index in [-0.39, 0.29) is 18.4 Å². The average molecular weight is 391 g/mol. The summed E-state index contributed by atoms with van der Waals surface area (Å²) in [5.41, 5.74) is 2.84. The molecule has 6 nitrogen and oxygen atoms in total. The normalized spacial score (nSPS) is 17.3. The van der Waals surface area contributed by atoms with Crippen molar-refractivity contribution in [1.29, 1.82) is 0 Å². The Balaban J connectivity index is 1.65. The van der Waals surface area contributed by atoms with Crippen molar-refractivity contribution in [3.8, 4) is 11.8 Å². The van der Waals surface area contributed by atoms with Gasteiger partial charge in [-0.05, 0) is 54.1 Å². The summed E-state index contributed by atoms with van der Waals surface area (Å²) < 4.78 is 9.46. The van der Waals surface area contributed by atoms with Crippen molar-refractivity contribution in [3.05, 3.63) is 51.8 Å². The Labute approximate surface area is 159 Å². The minimum atomic E-state index is -0.880. The molecule has 0 saturated heterocycles. The van der Waals surface area contributed by atoms with Crippen LogP contribution < -0.4 is 4.74 Å². The number of imidazole rings is 1. The van der Waals surface area contributed by atoms with Crippen LogP contribution in [0, 0.1) is 4.77 Å². The Morgan fingerprint density at radius 1 is 1.31 bits per heavy atom. The predicted octanol–water partition coefficient (Wildman–Crippen LogP) is 3.94. The molecule has 2 heterocycles. The standard InChI is InChI=1S/C18H15ClN2O4S/c19-12-5-3-10(4-6-12)11-8-13-14(9-11)25-17-16(24)20(18(26)21(13)17)7-1-2-15(22)23/h3-6,8-9,14,24H,1-2,7H2,(H,22,23). The highest BCUT2D eigenvalue weighted by atomic mass is 35.5. The first-order valence-corrected chi connectivity index (χ1v) is 8.87. The van der Waals surface area contributed by atoms with Gasteiger partial charge in [0, 0.05) is 18.0 Å². The lowest BCUT2D eigenvalue weighted by Gasteiger charge is -2.07. The first-order chi connectivity index (χ1) is 12.5. The Kier molecular flexibility index (Phi) is 4.13. The maximum atomic E-state index is 10.7. The van der Waals surface area contributed by atoms with Gasteiger partial charge in [0.25, 0.3) is 11.8 Å². The van der Waals surface area contributed by atoms with Crippen LogP contribution in [0.3, 0.4) is 0 Å². The van der Waals surface area contributed by atoms with Crippen molar-refractivity contribution in [2.75, 3.05) is 0 Å². The third kappa shape index (κ3) is 2.73. The van der Waals surface area contributed by atoms with E-state index < -0.39 is 5.97 Å². The van der Waals surface area contributed by atoms with E-state index in [1.54, 1.807) is 4.57 Å². The molecular formula is C18H15ClN2O4S. The van der Waals surface area contributed by atoms with Crippen LogP contribution in [0.15, 0.2) is 36.4 Å². The third-order valence-corrected chi connectivity index (χ3v) is 5.10. The molecule has 1 aliphatic heterocycles. The number of aliphatic carboxylic acids is 1. The van der Waals surface area contributed by atoms with Crippen LogP contribution in [0.4, 0.5) is 0 Å². The number of carboxylic acids is 1. The van der Waals surface area contributed by atoms with Crippen LogP contribution in [0.5, 0.6) is 11.8 Å². The quantitative estimate of drug-likeness (QED) is 0.756. The highest BCUT2D eigenvalue weighted by Gasteiger charge is 2.36. The van der Waals surface area contributed by atoms with Gasteiger partial charge in [-0.1, -0.05) is 23.7 Å². The minimum Gasteiger partial charge on any atom is -0.491 e. The van der Waals surface area contributed by atoms with Gasteiger partial charge in [0.15, 0.2) is 10.9 Å². The van der Waals surface area contributed by atoms with Gasteiger partial charge in [0.05, 0.1) is 5.70 Å². The Morgan fingerprint density at radius 3 is 2.73 bits per heavy atom. The zero-order valence-electron chi connectivity index (χ0n) is 13.6. The van der Waals surface area contributed by atoms with Crippen molar-refractivity contribution in [1.82, 2.24) is 9.13 Å². The molecule has 1 unspecified atom stereocenters. The van der Waals surface area contributed by atoms with Crippen LogP contribution >= 0.6 is 23.8 Å². The number of aromatic hydroxyl groups is 1. The fourth-order valence-corrected chi connectivity index (χ4v) is 3.70. The van der Waals surface area contributed by atoms with Gasteiger partial charge in [0.1, 0.15) is 0 Å². The van der Waals surface area contributed by atoms with E-state index in [9.17, 15) is 9.90 Å². The first kappa shape index (κ1) is 16.9. The number of carboxylic acid groups (broad SMARTS) is 1. The molecule has 0 amide bonds. The fourth-order valence-electron chi connectivity index (χ4n) is 3.20. The summed E-state index contributed by atoms with van der Waals surface area (Å²) in [6.07, 6.45) is 4.01. The first-order valence-electron chi connectivity index (χ1n) is 8.08. The van der Waals surface area contributed by atoms with Gasteiger partial charge in [0.2, 0.25) is 0 Å². The molecular weight excluding hydrogens is 376 g/mol. The number of rotatable bonds is 5. The molecule has 26 heavy (non-hydrogen) atoms. The number of hydrogen-bond acceptors (Lipinski definition) is 4. The van der Waals surface area contributed by atoms with Gasteiger partial charge in [-0.25, -0.2) is 0 Å². The Bertz CT molecular complexity index is 1020. The Hall–Kier alpha value is -2.51. The zero-order chi connectivity index (χ0) is 18.4. The summed E-state index contributed by atoms with van der Waals surface area (Å²) in [5, 5.41) is 19.8. The third-order valence-electron chi connectivity index (χ3n) is 4.44. The number of ether oxygens (including phenoxy) is 1. The molecule has 1 atom stereocenters. The van der Waals surface area contributed by atoms with E-state index in [4.69, 9.17) is 33.7 Å². The van der Waals surface area contributed by atoms with Crippen molar-refractivity contribution < 1.29 is 19.7 Å². The van der Waals surface area contributed by atoms with Gasteiger partial charge in [-0.3, -0.25) is 13.9 Å². The smallest absolute Gasteiger partial charge is 0.303 e. The number of carbonyl (C=O) groups is 1. The summed E-state index contributed by atoms with van der Waals surface area (Å²) in [4.78, 5) is 10.7. The maximum absolute atomic E-state index is 10.7. The lowest BCUT2D eigenvalue weighted by Crippen LogP contribution is -2.10. The average Bonchev–Trinajstić information content (AvgIpc) is 3.21. The molecule has 2 aliphatic rings. The molecule has 0 bridgehead atoms. The Morgan fingerprint density at radius 2 is 2.04 bits per heavy atom. The molecule has 1 aromatic carbocycles. The monoisotopic (exact) mass is 390 g/mol. The van der Waals surface area contributed by atoms with Crippen molar-refractivity contribution >= 4 is 41.1 Å². The highest BCUT2D eigenvalue weighted by molar-refractivity contribution is 7.71. The number of aromatic nitrogens is 2. The molecule has 0 radical (unpaired) electrons. The molecule has 8 heteroatoms. The minimum absolute atomic E-state index is 0.0101. The van der Waals surface area contributed by atoms with Crippen LogP contribution in [-0.2, 0) is 11.3 Å². The molecule has 0 fully saturated rings. The molecule has 2 aromatic rings. The molecule has 2 N–H and O–H groups in total. The van der Waals surface area contributed by atoms with Gasteiger partial charge in [-0.15, -0.1) is 0 Å². The second-order valence-electron chi connectivity index (χ2n) is 6.13. The van der Waals surface area contributed by atoms with Crippen LogP contribution in [0.25, 0.3) is 11.3 Å². The summed E-state index contributed by atoms with van der Waals surface area (Å²) in [6, 6.07) is 7.52. The lowest BCUT2D eigenvalue weighted by atomic mass is 10.1. The topological polar surface area (TPSA) is 76.6 Å². The number of fused-ring (bicyclic) bond motifs is 3. The van der Waals surface area contributed by atoms with Gasteiger partial charge < -0.3 is 14.9 Å². The summed E-state index contributed by atoms with van der Waals surface area (Å²) in [6.45, 7) is 0.315. The number of hydrogen-bond donors (Lipinski definition) is 2. The number of nitrogens with zero attached hydrogens (tertiary/aromatic N) is 2. The van der Waals surface area contributed by atoms with Crippen LogP contribution in [0.1, 0.15) is 18.4 Å². The molecule has 0 spiro atoms. The second-order valence-corrected chi connectivity index (χ2v) is 6.93. The fraction of sp³-hybridized carbons (Fsp3) is 0.222. The second kappa shape index (κ2) is 6.34. The summed E-state index contributed by atoms with van der Waals surface area (Å²) in [7, 11) is 0. The highest BCUT2D eigenvalue weighted by Crippen LogP contribution is 2.44. The number of allylic oxidation sites excluding steroid dienone is 2. The number of halogens is 1. The number of benzene rings is 1. The molecule has 4 rings (SSSR count). The van der Waals surface area contributed by atoms with Crippen molar-refractivity contribution in [2.45, 2.75) is 25.5 Å². The van der Waals surface area contributed by atoms with E-state index in [0.717, 1.165) is 16.8 Å². The largest absolute Gasteiger partial charge is 0.491 e. The van der Waals surface area contributed by atoms with Crippen LogP contribution in [0.2, 0.25) is 5.02 Å². The van der Waals surface area contributed by atoms with E-state index in [1.807, 2.05) is 36.4 Å². The maximum Gasteiger partial charge on any atom is 0.303 e.